The first kappa shape index (κ1) is 19.5. The van der Waals surface area contributed by atoms with Gasteiger partial charge in [-0.05, 0) is 57.6 Å². The Balaban J connectivity index is 1.18. The van der Waals surface area contributed by atoms with Crippen LogP contribution in [0.1, 0.15) is 32.6 Å². The van der Waals surface area contributed by atoms with E-state index in [4.69, 9.17) is 0 Å². The van der Waals surface area contributed by atoms with Gasteiger partial charge in [0.15, 0.2) is 0 Å². The van der Waals surface area contributed by atoms with Crippen molar-refractivity contribution in [2.24, 2.45) is 0 Å². The number of rotatable bonds is 5. The van der Waals surface area contributed by atoms with Crippen molar-refractivity contribution in [2.45, 2.75) is 26.1 Å². The molecule has 0 atom stereocenters. The van der Waals surface area contributed by atoms with E-state index < -0.39 is 0 Å². The molecule has 0 saturated carbocycles. The van der Waals surface area contributed by atoms with Gasteiger partial charge in [0, 0.05) is 31.7 Å². The summed E-state index contributed by atoms with van der Waals surface area (Å²) in [7, 11) is 0. The number of nitrogens with zero attached hydrogens (tertiary/aromatic N) is 1. The Morgan fingerprint density at radius 2 is 1.48 bits per heavy atom. The van der Waals surface area contributed by atoms with Gasteiger partial charge in [-0.1, -0.05) is 72.8 Å². The van der Waals surface area contributed by atoms with E-state index in [1.165, 1.54) is 27.5 Å². The molecule has 4 aromatic carbocycles. The van der Waals surface area contributed by atoms with E-state index in [0.717, 1.165) is 31.6 Å². The predicted octanol–water partition coefficient (Wildman–Crippen LogP) is 5.33. The third kappa shape index (κ3) is 4.52. The highest BCUT2D eigenvalue weighted by atomic mass is 16.1. The molecule has 0 spiro atoms. The van der Waals surface area contributed by atoms with Gasteiger partial charge >= 0.3 is 0 Å². The Morgan fingerprint density at radius 3 is 2.32 bits per heavy atom. The van der Waals surface area contributed by atoms with Crippen LogP contribution in [0.3, 0.4) is 0 Å². The van der Waals surface area contributed by atoms with Gasteiger partial charge in [-0.15, -0.1) is 0 Å². The van der Waals surface area contributed by atoms with E-state index >= 15 is 0 Å². The summed E-state index contributed by atoms with van der Waals surface area (Å²) in [5.41, 5.74) is 5.95. The molecule has 1 aliphatic heterocycles. The van der Waals surface area contributed by atoms with Crippen molar-refractivity contribution < 1.29 is 4.79 Å². The molecule has 0 bridgehead atoms. The maximum Gasteiger partial charge on any atom is 0.251 e. The first-order valence-electron chi connectivity index (χ1n) is 10.9. The van der Waals surface area contributed by atoms with Crippen LogP contribution >= 0.6 is 0 Å². The van der Waals surface area contributed by atoms with Gasteiger partial charge in [0.25, 0.3) is 5.91 Å². The number of benzene rings is 4. The lowest BCUT2D eigenvalue weighted by Gasteiger charge is -2.28. The SMILES string of the molecule is O=C(NCc1ccc2ccccc2c1)c1ccc(CN2CCc3ccccc3C2)cc1. The van der Waals surface area contributed by atoms with E-state index in [1.807, 2.05) is 24.3 Å². The fourth-order valence-electron chi connectivity index (χ4n) is 4.34. The third-order valence-corrected chi connectivity index (χ3v) is 6.10. The maximum absolute atomic E-state index is 12.6. The van der Waals surface area contributed by atoms with Gasteiger partial charge < -0.3 is 5.32 Å². The second kappa shape index (κ2) is 8.75. The van der Waals surface area contributed by atoms with Crippen LogP contribution in [0, 0.1) is 0 Å². The van der Waals surface area contributed by atoms with Crippen LogP contribution < -0.4 is 5.32 Å². The molecule has 3 nitrogen and oxygen atoms in total. The molecule has 0 radical (unpaired) electrons. The van der Waals surface area contributed by atoms with E-state index in [2.05, 4.69) is 76.9 Å². The monoisotopic (exact) mass is 406 g/mol. The average Bonchev–Trinajstić information content (AvgIpc) is 2.83. The Bertz CT molecular complexity index is 1210. The zero-order valence-corrected chi connectivity index (χ0v) is 17.6. The van der Waals surface area contributed by atoms with Crippen molar-refractivity contribution in [1.82, 2.24) is 10.2 Å². The predicted molar refractivity (Wildman–Crippen MR) is 126 cm³/mol. The number of fused-ring (bicyclic) bond motifs is 2. The van der Waals surface area contributed by atoms with Crippen LogP contribution in [0.5, 0.6) is 0 Å². The lowest BCUT2D eigenvalue weighted by Crippen LogP contribution is -2.30. The summed E-state index contributed by atoms with van der Waals surface area (Å²) in [6.07, 6.45) is 1.10. The van der Waals surface area contributed by atoms with Crippen molar-refractivity contribution in [3.8, 4) is 0 Å². The van der Waals surface area contributed by atoms with Crippen LogP contribution in [0.4, 0.5) is 0 Å². The van der Waals surface area contributed by atoms with E-state index in [1.54, 1.807) is 0 Å². The molecule has 1 amide bonds. The van der Waals surface area contributed by atoms with Crippen LogP contribution in [0.2, 0.25) is 0 Å². The Morgan fingerprint density at radius 1 is 0.774 bits per heavy atom. The molecular weight excluding hydrogens is 380 g/mol. The molecule has 5 rings (SSSR count). The number of hydrogen-bond donors (Lipinski definition) is 1. The minimum Gasteiger partial charge on any atom is -0.348 e. The maximum atomic E-state index is 12.6. The molecule has 3 heteroatoms. The zero-order chi connectivity index (χ0) is 21.0. The number of hydrogen-bond acceptors (Lipinski definition) is 2. The Labute approximate surface area is 183 Å². The van der Waals surface area contributed by atoms with Gasteiger partial charge in [-0.3, -0.25) is 9.69 Å². The molecule has 1 heterocycles. The minimum absolute atomic E-state index is 0.0355. The summed E-state index contributed by atoms with van der Waals surface area (Å²) >= 11 is 0. The quantitative estimate of drug-likeness (QED) is 0.486. The second-order valence-electron chi connectivity index (χ2n) is 8.29. The number of amides is 1. The second-order valence-corrected chi connectivity index (χ2v) is 8.29. The van der Waals surface area contributed by atoms with Gasteiger partial charge in [0.2, 0.25) is 0 Å². The zero-order valence-electron chi connectivity index (χ0n) is 17.6. The Kier molecular flexibility index (Phi) is 5.51. The molecule has 1 aliphatic rings. The summed E-state index contributed by atoms with van der Waals surface area (Å²) < 4.78 is 0. The third-order valence-electron chi connectivity index (χ3n) is 6.10. The van der Waals surface area contributed by atoms with Crippen LogP contribution in [0.25, 0.3) is 10.8 Å². The standard InChI is InChI=1S/C28H26N2O/c31-28(29-18-22-11-12-23-5-1-3-7-26(23)17-22)25-13-9-21(10-14-25)19-30-16-15-24-6-2-4-8-27(24)20-30/h1-14,17H,15-16,18-20H2,(H,29,31). The van der Waals surface area contributed by atoms with Crippen molar-refractivity contribution in [3.63, 3.8) is 0 Å². The molecule has 31 heavy (non-hydrogen) atoms. The first-order chi connectivity index (χ1) is 15.2. The fourth-order valence-corrected chi connectivity index (χ4v) is 4.34. The smallest absolute Gasteiger partial charge is 0.251 e. The molecule has 0 unspecified atom stereocenters. The largest absolute Gasteiger partial charge is 0.348 e. The summed E-state index contributed by atoms with van der Waals surface area (Å²) in [6, 6.07) is 31.3. The summed E-state index contributed by atoms with van der Waals surface area (Å²) in [6.45, 7) is 3.50. The molecule has 1 N–H and O–H groups in total. The van der Waals surface area contributed by atoms with Crippen LogP contribution in [0.15, 0.2) is 91.0 Å². The highest BCUT2D eigenvalue weighted by Crippen LogP contribution is 2.20. The lowest BCUT2D eigenvalue weighted by atomic mass is 9.99. The van der Waals surface area contributed by atoms with Crippen molar-refractivity contribution in [2.75, 3.05) is 6.54 Å². The van der Waals surface area contributed by atoms with E-state index in [-0.39, 0.29) is 5.91 Å². The molecule has 154 valence electrons. The molecule has 0 aromatic heterocycles. The topological polar surface area (TPSA) is 32.3 Å². The van der Waals surface area contributed by atoms with Crippen LogP contribution in [-0.4, -0.2) is 17.4 Å². The number of carbonyl (C=O) groups excluding carboxylic acids is 1. The van der Waals surface area contributed by atoms with Crippen molar-refractivity contribution >= 4 is 16.7 Å². The summed E-state index contributed by atoms with van der Waals surface area (Å²) in [5.74, 6) is -0.0355. The summed E-state index contributed by atoms with van der Waals surface area (Å²) in [4.78, 5) is 15.1. The molecule has 0 saturated heterocycles. The molecule has 0 aliphatic carbocycles. The van der Waals surface area contributed by atoms with Crippen LogP contribution in [-0.2, 0) is 26.1 Å². The van der Waals surface area contributed by atoms with Crippen molar-refractivity contribution in [3.05, 3.63) is 119 Å². The van der Waals surface area contributed by atoms with Crippen molar-refractivity contribution in [1.29, 1.82) is 0 Å². The fraction of sp³-hybridized carbons (Fsp3) is 0.179. The van der Waals surface area contributed by atoms with E-state index in [0.29, 0.717) is 12.1 Å². The van der Waals surface area contributed by atoms with Gasteiger partial charge in [0.05, 0.1) is 0 Å². The Hall–Kier alpha value is -3.43. The number of carbonyl (C=O) groups is 1. The molecule has 0 fully saturated rings. The highest BCUT2D eigenvalue weighted by Gasteiger charge is 2.16. The van der Waals surface area contributed by atoms with E-state index in [9.17, 15) is 4.79 Å². The molecule has 4 aromatic rings. The van der Waals surface area contributed by atoms with Gasteiger partial charge in [-0.25, -0.2) is 0 Å². The lowest BCUT2D eigenvalue weighted by molar-refractivity contribution is 0.0951. The molecular formula is C28H26N2O. The number of nitrogens with one attached hydrogen (secondary N) is 1. The minimum atomic E-state index is -0.0355. The average molecular weight is 407 g/mol. The normalized spacial score (nSPS) is 13.7. The van der Waals surface area contributed by atoms with Gasteiger partial charge in [0.1, 0.15) is 0 Å². The summed E-state index contributed by atoms with van der Waals surface area (Å²) in [5, 5.41) is 5.45. The first-order valence-corrected chi connectivity index (χ1v) is 10.9. The van der Waals surface area contributed by atoms with Gasteiger partial charge in [-0.2, -0.15) is 0 Å². The highest BCUT2D eigenvalue weighted by molar-refractivity contribution is 5.94.